The van der Waals surface area contributed by atoms with Crippen molar-refractivity contribution in [2.24, 2.45) is 5.92 Å². The highest BCUT2D eigenvalue weighted by Crippen LogP contribution is 2.43. The molecule has 2 aliphatic rings. The van der Waals surface area contributed by atoms with Crippen molar-refractivity contribution in [1.29, 1.82) is 0 Å². The molecule has 102 valence electrons. The van der Waals surface area contributed by atoms with E-state index in [1.165, 1.54) is 37.7 Å². The third-order valence-electron chi connectivity index (χ3n) is 4.58. The van der Waals surface area contributed by atoms with Gasteiger partial charge in [-0.1, -0.05) is 53.4 Å². The molecule has 2 atom stereocenters. The summed E-state index contributed by atoms with van der Waals surface area (Å²) in [5.74, 6) is 1.35. The summed E-state index contributed by atoms with van der Waals surface area (Å²) >= 11 is 3.56. The van der Waals surface area contributed by atoms with Gasteiger partial charge in [-0.2, -0.15) is 0 Å². The van der Waals surface area contributed by atoms with Crippen molar-refractivity contribution >= 4 is 27.5 Å². The lowest BCUT2D eigenvalue weighted by molar-refractivity contribution is -0.115. The molecule has 0 saturated heterocycles. The minimum absolute atomic E-state index is 0.0631. The van der Waals surface area contributed by atoms with Crippen molar-refractivity contribution in [3.05, 3.63) is 29.8 Å². The summed E-state index contributed by atoms with van der Waals surface area (Å²) in [5, 5.41) is 3.06. The van der Waals surface area contributed by atoms with E-state index in [9.17, 15) is 4.79 Å². The van der Waals surface area contributed by atoms with Gasteiger partial charge < -0.3 is 5.32 Å². The van der Waals surface area contributed by atoms with Crippen LogP contribution in [0.25, 0.3) is 0 Å². The molecule has 1 fully saturated rings. The summed E-state index contributed by atoms with van der Waals surface area (Å²) in [4.78, 5) is 12.0. The normalized spacial score (nSPS) is 28.4. The number of carbonyl (C=O) groups is 1. The Morgan fingerprint density at radius 2 is 1.84 bits per heavy atom. The Morgan fingerprint density at radius 1 is 1.11 bits per heavy atom. The van der Waals surface area contributed by atoms with Crippen LogP contribution in [0.15, 0.2) is 24.3 Å². The molecule has 1 amide bonds. The van der Waals surface area contributed by atoms with Crippen LogP contribution >= 0.6 is 15.9 Å². The molecule has 0 radical (unpaired) electrons. The quantitative estimate of drug-likeness (QED) is 0.760. The Bertz CT molecular complexity index is 468. The number of benzene rings is 1. The monoisotopic (exact) mass is 321 g/mol. The second-order valence-electron chi connectivity index (χ2n) is 5.78. The van der Waals surface area contributed by atoms with Crippen molar-refractivity contribution in [3.8, 4) is 0 Å². The number of hydrogen-bond donors (Lipinski definition) is 1. The molecule has 1 aromatic rings. The van der Waals surface area contributed by atoms with Crippen LogP contribution in [0.1, 0.15) is 50.0 Å². The zero-order chi connectivity index (χ0) is 13.2. The number of nitrogens with one attached hydrogen (secondary N) is 1. The molecule has 2 nitrogen and oxygen atoms in total. The van der Waals surface area contributed by atoms with Crippen LogP contribution in [-0.4, -0.2) is 10.7 Å². The number of amides is 1. The van der Waals surface area contributed by atoms with E-state index in [1.807, 2.05) is 12.1 Å². The molecule has 19 heavy (non-hydrogen) atoms. The van der Waals surface area contributed by atoms with Gasteiger partial charge in [-0.05, 0) is 42.7 Å². The van der Waals surface area contributed by atoms with Gasteiger partial charge in [0.1, 0.15) is 0 Å². The first-order valence-electron chi connectivity index (χ1n) is 7.29. The Kier molecular flexibility index (Phi) is 3.92. The lowest BCUT2D eigenvalue weighted by atomic mass is 9.75. The lowest BCUT2D eigenvalue weighted by Crippen LogP contribution is -2.23. The number of fused-ring (bicyclic) bond motifs is 1. The number of rotatable bonds is 1. The molecule has 0 bridgehead atoms. The SMILES string of the molecule is O=C1Nc2ccccc2C(C2CCCCC2)CC1Br. The molecule has 1 aromatic carbocycles. The highest BCUT2D eigenvalue weighted by molar-refractivity contribution is 9.10. The summed E-state index contributed by atoms with van der Waals surface area (Å²) in [6.07, 6.45) is 7.61. The fourth-order valence-corrected chi connectivity index (χ4v) is 4.10. The standard InChI is InChI=1S/C16H20BrNO/c17-14-10-13(11-6-2-1-3-7-11)12-8-4-5-9-15(12)18-16(14)19/h4-5,8-9,11,13-14H,1-3,6-7,10H2,(H,18,19). The highest BCUT2D eigenvalue weighted by atomic mass is 79.9. The maximum absolute atomic E-state index is 12.0. The third kappa shape index (κ3) is 2.71. The molecule has 0 spiro atoms. The van der Waals surface area contributed by atoms with Gasteiger partial charge >= 0.3 is 0 Å². The van der Waals surface area contributed by atoms with Crippen LogP contribution in [-0.2, 0) is 4.79 Å². The van der Waals surface area contributed by atoms with E-state index in [4.69, 9.17) is 0 Å². The molecular weight excluding hydrogens is 302 g/mol. The maximum atomic E-state index is 12.0. The van der Waals surface area contributed by atoms with E-state index in [0.717, 1.165) is 18.0 Å². The van der Waals surface area contributed by atoms with Gasteiger partial charge in [-0.25, -0.2) is 0 Å². The Hall–Kier alpha value is -0.830. The first kappa shape index (κ1) is 13.2. The number of halogens is 1. The molecule has 3 heteroatoms. The lowest BCUT2D eigenvalue weighted by Gasteiger charge is -2.31. The molecule has 0 aromatic heterocycles. The summed E-state index contributed by atoms with van der Waals surface area (Å²) in [6, 6.07) is 8.33. The molecule has 2 unspecified atom stereocenters. The van der Waals surface area contributed by atoms with Gasteiger partial charge in [0.25, 0.3) is 0 Å². The van der Waals surface area contributed by atoms with Gasteiger partial charge in [-0.3, -0.25) is 4.79 Å². The molecule has 3 rings (SSSR count). The van der Waals surface area contributed by atoms with Crippen molar-refractivity contribution in [3.63, 3.8) is 0 Å². The predicted molar refractivity (Wildman–Crippen MR) is 81.7 cm³/mol. The number of hydrogen-bond acceptors (Lipinski definition) is 1. The smallest absolute Gasteiger partial charge is 0.238 e. The Labute approximate surface area is 123 Å². The summed E-state index contributed by atoms with van der Waals surface area (Å²) < 4.78 is 0. The number of alkyl halides is 1. The fourth-order valence-electron chi connectivity index (χ4n) is 3.59. The average molecular weight is 322 g/mol. The summed E-state index contributed by atoms with van der Waals surface area (Å²) in [7, 11) is 0. The Morgan fingerprint density at radius 3 is 2.63 bits per heavy atom. The number of anilines is 1. The molecule has 1 heterocycles. The van der Waals surface area contributed by atoms with Crippen LogP contribution in [0.2, 0.25) is 0 Å². The minimum Gasteiger partial charge on any atom is -0.325 e. The second-order valence-corrected chi connectivity index (χ2v) is 6.89. The van der Waals surface area contributed by atoms with Crippen molar-refractivity contribution in [2.45, 2.75) is 49.3 Å². The van der Waals surface area contributed by atoms with Gasteiger partial charge in [0.2, 0.25) is 5.91 Å². The van der Waals surface area contributed by atoms with Crippen LogP contribution in [0, 0.1) is 5.92 Å². The second kappa shape index (κ2) is 5.66. The first-order valence-corrected chi connectivity index (χ1v) is 8.21. The summed E-state index contributed by atoms with van der Waals surface area (Å²) in [6.45, 7) is 0. The zero-order valence-electron chi connectivity index (χ0n) is 11.1. The zero-order valence-corrected chi connectivity index (χ0v) is 12.7. The average Bonchev–Trinajstić information content (AvgIpc) is 2.58. The predicted octanol–water partition coefficient (Wildman–Crippen LogP) is 4.46. The molecule has 1 aliphatic carbocycles. The molecule has 1 saturated carbocycles. The van der Waals surface area contributed by atoms with Gasteiger partial charge in [0.05, 0.1) is 4.83 Å². The molecular formula is C16H20BrNO. The van der Waals surface area contributed by atoms with E-state index >= 15 is 0 Å². The topological polar surface area (TPSA) is 29.1 Å². The first-order chi connectivity index (χ1) is 9.25. The largest absolute Gasteiger partial charge is 0.325 e. The van der Waals surface area contributed by atoms with Crippen LogP contribution < -0.4 is 5.32 Å². The number of carbonyl (C=O) groups excluding carboxylic acids is 1. The molecule has 1 aliphatic heterocycles. The van der Waals surface area contributed by atoms with E-state index in [2.05, 4.69) is 33.4 Å². The van der Waals surface area contributed by atoms with Crippen LogP contribution in [0.3, 0.4) is 0 Å². The van der Waals surface area contributed by atoms with Crippen molar-refractivity contribution in [1.82, 2.24) is 0 Å². The fraction of sp³-hybridized carbons (Fsp3) is 0.562. The maximum Gasteiger partial charge on any atom is 0.238 e. The third-order valence-corrected chi connectivity index (χ3v) is 5.37. The van der Waals surface area contributed by atoms with E-state index in [1.54, 1.807) is 0 Å². The minimum atomic E-state index is -0.0631. The van der Waals surface area contributed by atoms with Gasteiger partial charge in [0, 0.05) is 5.69 Å². The van der Waals surface area contributed by atoms with Gasteiger partial charge in [-0.15, -0.1) is 0 Å². The van der Waals surface area contributed by atoms with Crippen molar-refractivity contribution < 1.29 is 4.79 Å². The van der Waals surface area contributed by atoms with Crippen LogP contribution in [0.4, 0.5) is 5.69 Å². The number of para-hydroxylation sites is 1. The van der Waals surface area contributed by atoms with E-state index < -0.39 is 0 Å². The van der Waals surface area contributed by atoms with Crippen LogP contribution in [0.5, 0.6) is 0 Å². The highest BCUT2D eigenvalue weighted by Gasteiger charge is 2.33. The summed E-state index contributed by atoms with van der Waals surface area (Å²) in [5.41, 5.74) is 2.36. The van der Waals surface area contributed by atoms with Gasteiger partial charge in [0.15, 0.2) is 0 Å². The van der Waals surface area contributed by atoms with Crippen molar-refractivity contribution in [2.75, 3.05) is 5.32 Å². The molecule has 1 N–H and O–H groups in total. The van der Waals surface area contributed by atoms with E-state index in [-0.39, 0.29) is 10.7 Å². The van der Waals surface area contributed by atoms with E-state index in [0.29, 0.717) is 5.92 Å². The Balaban J connectivity index is 1.95.